The molecule has 29 heavy (non-hydrogen) atoms. The molecule has 0 radical (unpaired) electrons. The largest absolute Gasteiger partial charge is 0.435 e. The third-order valence-corrected chi connectivity index (χ3v) is 4.09. The zero-order valence-electron chi connectivity index (χ0n) is 15.4. The molecular formula is C19H16F3N5O2. The molecule has 10 heteroatoms. The fraction of sp³-hybridized carbons (Fsp3) is 0.158. The molecule has 3 rings (SSSR count). The highest BCUT2D eigenvalue weighted by Gasteiger charge is 2.35. The quantitative estimate of drug-likeness (QED) is 0.637. The lowest BCUT2D eigenvalue weighted by molar-refractivity contribution is -0.141. The van der Waals surface area contributed by atoms with E-state index in [2.05, 4.69) is 20.7 Å². The molecule has 2 N–H and O–H groups in total. The van der Waals surface area contributed by atoms with Crippen LogP contribution < -0.4 is 10.6 Å². The maximum Gasteiger partial charge on any atom is 0.435 e. The monoisotopic (exact) mass is 403 g/mol. The van der Waals surface area contributed by atoms with Gasteiger partial charge in [-0.15, -0.1) is 0 Å². The van der Waals surface area contributed by atoms with E-state index in [9.17, 15) is 22.8 Å². The SMILES string of the molecule is Cc1ccc(C(=O)Nc2ccc(-c3cc(C(F)(F)F)nn3C)c(NC=O)n2)cc1. The fourth-order valence-corrected chi connectivity index (χ4v) is 2.65. The van der Waals surface area contributed by atoms with E-state index in [1.165, 1.54) is 19.2 Å². The third kappa shape index (κ3) is 4.42. The van der Waals surface area contributed by atoms with Gasteiger partial charge in [-0.1, -0.05) is 17.7 Å². The van der Waals surface area contributed by atoms with Gasteiger partial charge >= 0.3 is 6.18 Å². The molecule has 0 fully saturated rings. The number of aromatic nitrogens is 3. The summed E-state index contributed by atoms with van der Waals surface area (Å²) in [5.41, 5.74) is 0.661. The van der Waals surface area contributed by atoms with Crippen molar-refractivity contribution in [2.24, 2.45) is 7.05 Å². The molecule has 150 valence electrons. The number of halogens is 3. The van der Waals surface area contributed by atoms with Gasteiger partial charge in [0.25, 0.3) is 5.91 Å². The molecule has 7 nitrogen and oxygen atoms in total. The lowest BCUT2D eigenvalue weighted by Gasteiger charge is -2.11. The first-order chi connectivity index (χ1) is 13.7. The fourth-order valence-electron chi connectivity index (χ4n) is 2.65. The predicted molar refractivity (Wildman–Crippen MR) is 100 cm³/mol. The molecule has 0 aliphatic carbocycles. The van der Waals surface area contributed by atoms with E-state index in [0.29, 0.717) is 12.0 Å². The molecule has 0 bridgehead atoms. The Labute approximate surface area is 163 Å². The highest BCUT2D eigenvalue weighted by Crippen LogP contribution is 2.34. The normalized spacial score (nSPS) is 11.2. The Balaban J connectivity index is 1.93. The van der Waals surface area contributed by atoms with Gasteiger partial charge < -0.3 is 10.6 Å². The van der Waals surface area contributed by atoms with Crippen molar-refractivity contribution in [1.82, 2.24) is 14.8 Å². The molecule has 0 unspecified atom stereocenters. The maximum absolute atomic E-state index is 12.9. The summed E-state index contributed by atoms with van der Waals surface area (Å²) < 4.78 is 39.8. The molecule has 2 aromatic heterocycles. The number of nitrogens with zero attached hydrogens (tertiary/aromatic N) is 3. The summed E-state index contributed by atoms with van der Waals surface area (Å²) in [4.78, 5) is 27.4. The van der Waals surface area contributed by atoms with Crippen LogP contribution in [-0.2, 0) is 18.0 Å². The maximum atomic E-state index is 12.9. The Kier molecular flexibility index (Phi) is 5.35. The summed E-state index contributed by atoms with van der Waals surface area (Å²) >= 11 is 0. The highest BCUT2D eigenvalue weighted by molar-refractivity contribution is 6.04. The average molecular weight is 403 g/mol. The van der Waals surface area contributed by atoms with Crippen molar-refractivity contribution in [1.29, 1.82) is 0 Å². The minimum Gasteiger partial charge on any atom is -0.313 e. The summed E-state index contributed by atoms with van der Waals surface area (Å²) in [6, 6.07) is 10.6. The van der Waals surface area contributed by atoms with Crippen LogP contribution in [0.15, 0.2) is 42.5 Å². The van der Waals surface area contributed by atoms with Gasteiger partial charge in [0.1, 0.15) is 11.6 Å². The molecular weight excluding hydrogens is 387 g/mol. The molecule has 0 saturated heterocycles. The van der Waals surface area contributed by atoms with Crippen LogP contribution in [-0.4, -0.2) is 27.1 Å². The van der Waals surface area contributed by atoms with E-state index in [4.69, 9.17) is 0 Å². The van der Waals surface area contributed by atoms with Gasteiger partial charge in [0.05, 0.1) is 5.69 Å². The number of nitrogens with one attached hydrogen (secondary N) is 2. The van der Waals surface area contributed by atoms with Crippen LogP contribution >= 0.6 is 0 Å². The predicted octanol–water partition coefficient (Wildman–Crippen LogP) is 3.63. The van der Waals surface area contributed by atoms with E-state index in [0.717, 1.165) is 16.3 Å². The van der Waals surface area contributed by atoms with E-state index in [1.54, 1.807) is 24.3 Å². The first-order valence-electron chi connectivity index (χ1n) is 8.40. The lowest BCUT2D eigenvalue weighted by atomic mass is 10.1. The Morgan fingerprint density at radius 2 is 1.83 bits per heavy atom. The second-order valence-electron chi connectivity index (χ2n) is 6.21. The second kappa shape index (κ2) is 7.74. The van der Waals surface area contributed by atoms with Crippen LogP contribution in [0.2, 0.25) is 0 Å². The van der Waals surface area contributed by atoms with Crippen LogP contribution in [0.25, 0.3) is 11.3 Å². The molecule has 0 saturated carbocycles. The van der Waals surface area contributed by atoms with E-state index < -0.39 is 17.8 Å². The minimum atomic E-state index is -4.61. The average Bonchev–Trinajstić information content (AvgIpc) is 3.05. The molecule has 0 spiro atoms. The molecule has 0 aliphatic rings. The summed E-state index contributed by atoms with van der Waals surface area (Å²) in [6.07, 6.45) is -4.26. The van der Waals surface area contributed by atoms with Crippen molar-refractivity contribution in [3.8, 4) is 11.3 Å². The number of anilines is 2. The Bertz CT molecular complexity index is 1060. The first kappa shape index (κ1) is 20.1. The van der Waals surface area contributed by atoms with Gasteiger partial charge in [0.2, 0.25) is 6.41 Å². The van der Waals surface area contributed by atoms with Crippen molar-refractivity contribution < 1.29 is 22.8 Å². The van der Waals surface area contributed by atoms with Crippen LogP contribution in [0.1, 0.15) is 21.6 Å². The molecule has 1 aromatic carbocycles. The van der Waals surface area contributed by atoms with Crippen molar-refractivity contribution >= 4 is 24.0 Å². The summed E-state index contributed by atoms with van der Waals surface area (Å²) in [6.45, 7) is 1.89. The number of pyridine rings is 1. The van der Waals surface area contributed by atoms with Crippen molar-refractivity contribution in [2.75, 3.05) is 10.6 Å². The van der Waals surface area contributed by atoms with Crippen molar-refractivity contribution in [3.63, 3.8) is 0 Å². The lowest BCUT2D eigenvalue weighted by Crippen LogP contribution is -2.14. The Morgan fingerprint density at radius 3 is 2.41 bits per heavy atom. The smallest absolute Gasteiger partial charge is 0.313 e. The molecule has 0 aliphatic heterocycles. The molecule has 2 amide bonds. The second-order valence-corrected chi connectivity index (χ2v) is 6.21. The van der Waals surface area contributed by atoms with Gasteiger partial charge in [-0.3, -0.25) is 14.3 Å². The number of amides is 2. The standard InChI is InChI=1S/C19H16F3N5O2/c1-11-3-5-12(6-4-11)18(29)25-16-8-7-13(17(24-16)23-10-28)14-9-15(19(20,21)22)26-27(14)2/h3-10H,1-2H3,(H2,23,24,25,28,29). The van der Waals surface area contributed by atoms with Gasteiger partial charge in [-0.2, -0.15) is 18.3 Å². The number of benzene rings is 1. The van der Waals surface area contributed by atoms with Crippen molar-refractivity contribution in [3.05, 3.63) is 59.3 Å². The van der Waals surface area contributed by atoms with Crippen LogP contribution in [0.4, 0.5) is 24.8 Å². The van der Waals surface area contributed by atoms with Crippen molar-refractivity contribution in [2.45, 2.75) is 13.1 Å². The van der Waals surface area contributed by atoms with E-state index in [-0.39, 0.29) is 22.9 Å². The van der Waals surface area contributed by atoms with Gasteiger partial charge in [-0.25, -0.2) is 4.98 Å². The van der Waals surface area contributed by atoms with Gasteiger partial charge in [0, 0.05) is 18.2 Å². The van der Waals surface area contributed by atoms with E-state index >= 15 is 0 Å². The molecule has 2 heterocycles. The van der Waals surface area contributed by atoms with E-state index in [1.807, 2.05) is 6.92 Å². The third-order valence-electron chi connectivity index (χ3n) is 4.09. The first-order valence-corrected chi connectivity index (χ1v) is 8.40. The Hall–Kier alpha value is -3.69. The summed E-state index contributed by atoms with van der Waals surface area (Å²) in [5, 5.41) is 8.39. The van der Waals surface area contributed by atoms with Crippen LogP contribution in [0, 0.1) is 6.92 Å². The molecule has 3 aromatic rings. The molecule has 0 atom stereocenters. The number of carbonyl (C=O) groups is 2. The van der Waals surface area contributed by atoms with Crippen LogP contribution in [0.5, 0.6) is 0 Å². The number of carbonyl (C=O) groups excluding carboxylic acids is 2. The zero-order chi connectivity index (χ0) is 21.2. The number of alkyl halides is 3. The zero-order valence-corrected chi connectivity index (χ0v) is 15.4. The highest BCUT2D eigenvalue weighted by atomic mass is 19.4. The topological polar surface area (TPSA) is 88.9 Å². The number of aryl methyl sites for hydroxylation is 2. The van der Waals surface area contributed by atoms with Gasteiger partial charge in [-0.05, 0) is 37.3 Å². The number of rotatable bonds is 5. The summed E-state index contributed by atoms with van der Waals surface area (Å²) in [7, 11) is 1.35. The number of hydrogen-bond acceptors (Lipinski definition) is 4. The van der Waals surface area contributed by atoms with Gasteiger partial charge in [0.15, 0.2) is 5.69 Å². The Morgan fingerprint density at radius 1 is 1.14 bits per heavy atom. The van der Waals surface area contributed by atoms with Crippen LogP contribution in [0.3, 0.4) is 0 Å². The minimum absolute atomic E-state index is 0.0153. The summed E-state index contributed by atoms with van der Waals surface area (Å²) in [5.74, 6) is -0.303. The number of hydrogen-bond donors (Lipinski definition) is 2.